The van der Waals surface area contributed by atoms with Crippen LogP contribution in [0.15, 0.2) is 59.6 Å². The molecule has 3 heterocycles. The van der Waals surface area contributed by atoms with E-state index in [1.165, 1.54) is 11.3 Å². The summed E-state index contributed by atoms with van der Waals surface area (Å²) in [6, 6.07) is 11.0. The molecule has 0 fully saturated rings. The van der Waals surface area contributed by atoms with Crippen LogP contribution in [0.25, 0.3) is 21.5 Å². The van der Waals surface area contributed by atoms with Crippen LogP contribution in [0.1, 0.15) is 28.1 Å². The third-order valence-electron chi connectivity index (χ3n) is 5.78. The van der Waals surface area contributed by atoms with Crippen LogP contribution < -0.4 is 4.90 Å². The second-order valence-electron chi connectivity index (χ2n) is 8.07. The molecule has 3 aromatic heterocycles. The average Bonchev–Trinajstić information content (AvgIpc) is 3.59. The summed E-state index contributed by atoms with van der Waals surface area (Å²) in [5.74, 6) is 0.178. The highest BCUT2D eigenvalue weighted by Gasteiger charge is 2.29. The highest BCUT2D eigenvalue weighted by atomic mass is 35.5. The van der Waals surface area contributed by atoms with Crippen molar-refractivity contribution in [1.29, 1.82) is 0 Å². The van der Waals surface area contributed by atoms with Gasteiger partial charge >= 0.3 is 0 Å². The molecule has 7 nitrogen and oxygen atoms in total. The average molecular weight is 526 g/mol. The Bertz CT molecular complexity index is 1510. The van der Waals surface area contributed by atoms with Gasteiger partial charge in [-0.1, -0.05) is 57.9 Å². The first kappa shape index (κ1) is 23.5. The number of halogens is 2. The summed E-state index contributed by atoms with van der Waals surface area (Å²) in [4.78, 5) is 24.7. The molecule has 0 saturated heterocycles. The third kappa shape index (κ3) is 4.57. The highest BCUT2D eigenvalue weighted by Crippen LogP contribution is 2.36. The lowest BCUT2D eigenvalue weighted by Crippen LogP contribution is -2.33. The van der Waals surface area contributed by atoms with Crippen molar-refractivity contribution in [3.05, 3.63) is 82.1 Å². The van der Waals surface area contributed by atoms with Gasteiger partial charge in [-0.3, -0.25) is 9.69 Å². The summed E-state index contributed by atoms with van der Waals surface area (Å²) in [6.45, 7) is 4.81. The van der Waals surface area contributed by atoms with E-state index >= 15 is 0 Å². The number of thiazole rings is 1. The van der Waals surface area contributed by atoms with Crippen LogP contribution in [0.2, 0.25) is 10.0 Å². The van der Waals surface area contributed by atoms with Gasteiger partial charge < -0.3 is 9.09 Å². The van der Waals surface area contributed by atoms with Crippen molar-refractivity contribution in [3.63, 3.8) is 0 Å². The minimum atomic E-state index is -0.243. The maximum Gasteiger partial charge on any atom is 0.265 e. The molecule has 5 rings (SSSR count). The van der Waals surface area contributed by atoms with E-state index in [0.717, 1.165) is 15.8 Å². The lowest BCUT2D eigenvalue weighted by molar-refractivity contribution is 0.0985. The number of amides is 1. The largest absolute Gasteiger partial charge is 0.360 e. The zero-order valence-corrected chi connectivity index (χ0v) is 21.4. The molecule has 0 aliphatic heterocycles. The Balaban J connectivity index is 1.56. The van der Waals surface area contributed by atoms with Crippen LogP contribution in [0.5, 0.6) is 0 Å². The molecule has 0 unspecified atom stereocenters. The first-order chi connectivity index (χ1) is 16.9. The number of anilines is 1. The molecule has 0 aliphatic rings. The summed E-state index contributed by atoms with van der Waals surface area (Å²) >= 11 is 14.2. The fourth-order valence-corrected chi connectivity index (χ4v) is 5.34. The molecule has 2 aromatic carbocycles. The van der Waals surface area contributed by atoms with Gasteiger partial charge in [-0.05, 0) is 44.0 Å². The van der Waals surface area contributed by atoms with Gasteiger partial charge in [-0.2, -0.15) is 0 Å². The van der Waals surface area contributed by atoms with E-state index in [9.17, 15) is 4.79 Å². The summed E-state index contributed by atoms with van der Waals surface area (Å²) in [5.41, 5.74) is 3.10. The van der Waals surface area contributed by atoms with E-state index in [4.69, 9.17) is 32.7 Å². The maximum absolute atomic E-state index is 14.1. The first-order valence-corrected chi connectivity index (χ1v) is 12.6. The van der Waals surface area contributed by atoms with Crippen molar-refractivity contribution in [1.82, 2.24) is 19.7 Å². The Labute approximate surface area is 215 Å². The molecule has 35 heavy (non-hydrogen) atoms. The Morgan fingerprint density at radius 1 is 1.14 bits per heavy atom. The van der Waals surface area contributed by atoms with Crippen LogP contribution in [-0.4, -0.2) is 32.1 Å². The lowest BCUT2D eigenvalue weighted by Gasteiger charge is -2.20. The minimum absolute atomic E-state index is 0.243. The number of fused-ring (bicyclic) bond motifs is 1. The molecule has 0 bridgehead atoms. The van der Waals surface area contributed by atoms with Gasteiger partial charge in [0.1, 0.15) is 17.0 Å². The summed E-state index contributed by atoms with van der Waals surface area (Å²) in [5, 5.41) is 5.90. The summed E-state index contributed by atoms with van der Waals surface area (Å²) in [7, 11) is 0. The first-order valence-electron chi connectivity index (χ1n) is 11.0. The third-order valence-corrected chi connectivity index (χ3v) is 7.56. The number of aromatic nitrogens is 4. The Hall–Kier alpha value is -3.20. The topological polar surface area (TPSA) is 77.0 Å². The SMILES string of the molecule is Cc1onc(-c2ccccc2Cl)c1C(=O)N(CCCn1ccnc1)c1nc2c(C)c(Cl)ccc2s1. The molecule has 0 spiro atoms. The van der Waals surface area contributed by atoms with Gasteiger partial charge in [0.05, 0.1) is 21.6 Å². The fraction of sp³-hybridized carbons (Fsp3) is 0.200. The second kappa shape index (κ2) is 9.81. The number of carbonyl (C=O) groups is 1. The van der Waals surface area contributed by atoms with Crippen LogP contribution in [0.4, 0.5) is 5.13 Å². The molecule has 10 heteroatoms. The van der Waals surface area contributed by atoms with E-state index in [0.29, 0.717) is 57.3 Å². The molecule has 0 N–H and O–H groups in total. The molecule has 0 aliphatic carbocycles. The number of aryl methyl sites for hydroxylation is 3. The Morgan fingerprint density at radius 3 is 2.74 bits per heavy atom. The zero-order valence-electron chi connectivity index (χ0n) is 19.0. The van der Waals surface area contributed by atoms with E-state index in [2.05, 4.69) is 10.1 Å². The van der Waals surface area contributed by atoms with E-state index in [-0.39, 0.29) is 5.91 Å². The van der Waals surface area contributed by atoms with Gasteiger partial charge in [0, 0.05) is 36.1 Å². The zero-order chi connectivity index (χ0) is 24.5. The molecule has 5 aromatic rings. The fourth-order valence-electron chi connectivity index (χ4n) is 3.91. The van der Waals surface area contributed by atoms with Crippen molar-refractivity contribution < 1.29 is 9.32 Å². The van der Waals surface area contributed by atoms with Crippen LogP contribution in [0.3, 0.4) is 0 Å². The highest BCUT2D eigenvalue weighted by molar-refractivity contribution is 7.22. The van der Waals surface area contributed by atoms with Crippen molar-refractivity contribution >= 4 is 55.8 Å². The molecule has 0 saturated carbocycles. The molecule has 0 radical (unpaired) electrons. The van der Waals surface area contributed by atoms with Crippen LogP contribution >= 0.6 is 34.5 Å². The van der Waals surface area contributed by atoms with Crippen molar-refractivity contribution in [2.75, 3.05) is 11.4 Å². The number of benzene rings is 2. The summed E-state index contributed by atoms with van der Waals surface area (Å²) in [6.07, 6.45) is 6.09. The monoisotopic (exact) mass is 525 g/mol. The van der Waals surface area contributed by atoms with E-state index in [1.807, 2.05) is 48.0 Å². The van der Waals surface area contributed by atoms with Crippen LogP contribution in [0, 0.1) is 13.8 Å². The standard InChI is InChI=1S/C25H21Cl2N5O2S/c1-15-18(26)8-9-20-22(15)29-25(35-20)32(12-5-11-31-13-10-28-14-31)24(33)21-16(2)34-30-23(21)17-6-3-4-7-19(17)27/h3-4,6-10,13-14H,5,11-12H2,1-2H3. The van der Waals surface area contributed by atoms with Gasteiger partial charge in [-0.15, -0.1) is 0 Å². The van der Waals surface area contributed by atoms with Crippen LogP contribution in [-0.2, 0) is 6.54 Å². The summed E-state index contributed by atoms with van der Waals surface area (Å²) < 4.78 is 8.40. The normalized spacial score (nSPS) is 11.3. The van der Waals surface area contributed by atoms with E-state index in [1.54, 1.807) is 30.4 Å². The number of carbonyl (C=O) groups excluding carboxylic acids is 1. The predicted molar refractivity (Wildman–Crippen MR) is 140 cm³/mol. The van der Waals surface area contributed by atoms with Gasteiger partial charge in [-0.25, -0.2) is 9.97 Å². The molecular formula is C25H21Cl2N5O2S. The number of rotatable bonds is 7. The van der Waals surface area contributed by atoms with Crippen molar-refractivity contribution in [2.24, 2.45) is 0 Å². The van der Waals surface area contributed by atoms with Gasteiger partial charge in [0.25, 0.3) is 5.91 Å². The Kier molecular flexibility index (Phi) is 6.60. The van der Waals surface area contributed by atoms with Crippen molar-refractivity contribution in [3.8, 4) is 11.3 Å². The smallest absolute Gasteiger partial charge is 0.265 e. The number of hydrogen-bond donors (Lipinski definition) is 0. The Morgan fingerprint density at radius 2 is 1.97 bits per heavy atom. The number of nitrogens with zero attached hydrogens (tertiary/aromatic N) is 5. The quantitative estimate of drug-likeness (QED) is 0.233. The molecule has 1 amide bonds. The van der Waals surface area contributed by atoms with E-state index < -0.39 is 0 Å². The number of imidazole rings is 1. The van der Waals surface area contributed by atoms with Crippen molar-refractivity contribution in [2.45, 2.75) is 26.8 Å². The minimum Gasteiger partial charge on any atom is -0.360 e. The van der Waals surface area contributed by atoms with Gasteiger partial charge in [0.15, 0.2) is 5.13 Å². The maximum atomic E-state index is 14.1. The predicted octanol–water partition coefficient (Wildman–Crippen LogP) is 6.81. The molecule has 0 atom stereocenters. The molecular weight excluding hydrogens is 505 g/mol. The second-order valence-corrected chi connectivity index (χ2v) is 9.89. The molecule has 178 valence electrons. The lowest BCUT2D eigenvalue weighted by atomic mass is 10.1. The number of hydrogen-bond acceptors (Lipinski definition) is 6. The van der Waals surface area contributed by atoms with Gasteiger partial charge in [0.2, 0.25) is 0 Å².